The van der Waals surface area contributed by atoms with Gasteiger partial charge in [0.15, 0.2) is 17.5 Å². The van der Waals surface area contributed by atoms with Gasteiger partial charge in [0.2, 0.25) is 0 Å². The lowest BCUT2D eigenvalue weighted by atomic mass is 9.96. The Hall–Kier alpha value is -6.91. The summed E-state index contributed by atoms with van der Waals surface area (Å²) in [5.74, 6) is 1.90. The molecule has 0 bridgehead atoms. The Morgan fingerprint density at radius 3 is 1.59 bits per heavy atom. The van der Waals surface area contributed by atoms with Gasteiger partial charge >= 0.3 is 0 Å². The largest absolute Gasteiger partial charge is 0.456 e. The first kappa shape index (κ1) is 29.0. The van der Waals surface area contributed by atoms with Crippen molar-refractivity contribution < 1.29 is 4.42 Å². The Kier molecular flexibility index (Phi) is 6.78. The van der Waals surface area contributed by atoms with E-state index in [-0.39, 0.29) is 0 Å². The number of benzene rings is 8. The average Bonchev–Trinajstić information content (AvgIpc) is 3.59. The zero-order valence-electron chi connectivity index (χ0n) is 27.5. The molecule has 10 rings (SSSR count). The van der Waals surface area contributed by atoms with Gasteiger partial charge in [0.1, 0.15) is 11.2 Å². The predicted molar refractivity (Wildman–Crippen MR) is 209 cm³/mol. The zero-order valence-corrected chi connectivity index (χ0v) is 27.5. The number of hydrogen-bond donors (Lipinski definition) is 0. The first-order valence-electron chi connectivity index (χ1n) is 17.1. The molecule has 51 heavy (non-hydrogen) atoms. The van der Waals surface area contributed by atoms with E-state index < -0.39 is 0 Å². The molecule has 0 spiro atoms. The second-order valence-electron chi connectivity index (χ2n) is 12.9. The van der Waals surface area contributed by atoms with E-state index in [1.54, 1.807) is 0 Å². The fraction of sp³-hybridized carbons (Fsp3) is 0. The fourth-order valence-corrected chi connectivity index (χ4v) is 7.10. The van der Waals surface area contributed by atoms with E-state index in [4.69, 9.17) is 19.4 Å². The van der Waals surface area contributed by atoms with Crippen molar-refractivity contribution in [2.75, 3.05) is 0 Å². The van der Waals surface area contributed by atoms with Crippen LogP contribution in [0.15, 0.2) is 180 Å². The molecule has 0 radical (unpaired) electrons. The molecule has 0 aliphatic carbocycles. The minimum Gasteiger partial charge on any atom is -0.456 e. The van der Waals surface area contributed by atoms with Crippen LogP contribution in [0.25, 0.3) is 99.9 Å². The van der Waals surface area contributed by atoms with Crippen LogP contribution in [0.1, 0.15) is 0 Å². The van der Waals surface area contributed by atoms with Crippen LogP contribution in [-0.2, 0) is 0 Å². The van der Waals surface area contributed by atoms with E-state index in [1.807, 2.05) is 24.3 Å². The van der Waals surface area contributed by atoms with Crippen LogP contribution in [0.5, 0.6) is 0 Å². The van der Waals surface area contributed by atoms with Gasteiger partial charge in [-0.2, -0.15) is 0 Å². The van der Waals surface area contributed by atoms with Gasteiger partial charge < -0.3 is 4.42 Å². The van der Waals surface area contributed by atoms with Gasteiger partial charge in [-0.3, -0.25) is 0 Å². The molecule has 0 saturated heterocycles. The molecule has 238 valence electrons. The minimum absolute atomic E-state index is 0.630. The maximum absolute atomic E-state index is 6.20. The molecule has 2 aromatic heterocycles. The van der Waals surface area contributed by atoms with E-state index in [9.17, 15) is 0 Å². The van der Waals surface area contributed by atoms with Crippen LogP contribution in [0.3, 0.4) is 0 Å². The smallest absolute Gasteiger partial charge is 0.164 e. The summed E-state index contributed by atoms with van der Waals surface area (Å²) in [7, 11) is 0. The average molecular weight is 652 g/mol. The summed E-state index contributed by atoms with van der Waals surface area (Å²) < 4.78 is 6.20. The van der Waals surface area contributed by atoms with E-state index >= 15 is 0 Å². The molecule has 0 unspecified atom stereocenters. The summed E-state index contributed by atoms with van der Waals surface area (Å²) in [6.07, 6.45) is 0. The molecular weight excluding hydrogens is 623 g/mol. The lowest BCUT2D eigenvalue weighted by Crippen LogP contribution is -2.00. The van der Waals surface area contributed by atoms with Crippen LogP contribution in [0.2, 0.25) is 0 Å². The number of hydrogen-bond acceptors (Lipinski definition) is 4. The molecule has 10 aromatic rings. The Labute approximate surface area is 294 Å². The van der Waals surface area contributed by atoms with Gasteiger partial charge in [-0.25, -0.2) is 15.0 Å². The summed E-state index contributed by atoms with van der Waals surface area (Å²) >= 11 is 0. The van der Waals surface area contributed by atoms with E-state index in [0.29, 0.717) is 17.5 Å². The molecule has 0 fully saturated rings. The highest BCUT2D eigenvalue weighted by Gasteiger charge is 2.15. The molecule has 0 saturated carbocycles. The van der Waals surface area contributed by atoms with Crippen molar-refractivity contribution in [2.45, 2.75) is 0 Å². The van der Waals surface area contributed by atoms with Crippen LogP contribution < -0.4 is 0 Å². The fourth-order valence-electron chi connectivity index (χ4n) is 7.10. The number of fused-ring (bicyclic) bond motifs is 5. The van der Waals surface area contributed by atoms with Gasteiger partial charge in [-0.15, -0.1) is 0 Å². The third kappa shape index (κ3) is 5.22. The maximum Gasteiger partial charge on any atom is 0.164 e. The van der Waals surface area contributed by atoms with Crippen molar-refractivity contribution >= 4 is 43.5 Å². The van der Waals surface area contributed by atoms with Gasteiger partial charge in [0, 0.05) is 27.5 Å². The molecule has 0 amide bonds. The number of para-hydroxylation sites is 1. The normalized spacial score (nSPS) is 11.5. The molecule has 4 nitrogen and oxygen atoms in total. The van der Waals surface area contributed by atoms with Crippen LogP contribution in [-0.4, -0.2) is 15.0 Å². The third-order valence-corrected chi connectivity index (χ3v) is 9.71. The first-order chi connectivity index (χ1) is 25.2. The molecule has 0 aliphatic heterocycles. The van der Waals surface area contributed by atoms with Crippen LogP contribution in [0, 0.1) is 0 Å². The Morgan fingerprint density at radius 2 is 0.824 bits per heavy atom. The molecule has 8 aromatic carbocycles. The van der Waals surface area contributed by atoms with Crippen LogP contribution >= 0.6 is 0 Å². The van der Waals surface area contributed by atoms with Gasteiger partial charge in [0.25, 0.3) is 0 Å². The molecule has 0 atom stereocenters. The molecule has 0 N–H and O–H groups in total. The number of nitrogens with zero attached hydrogens (tertiary/aromatic N) is 3. The highest BCUT2D eigenvalue weighted by atomic mass is 16.3. The van der Waals surface area contributed by atoms with Crippen molar-refractivity contribution in [2.24, 2.45) is 0 Å². The third-order valence-electron chi connectivity index (χ3n) is 9.71. The second kappa shape index (κ2) is 11.9. The van der Waals surface area contributed by atoms with Crippen molar-refractivity contribution in [3.05, 3.63) is 176 Å². The van der Waals surface area contributed by atoms with Gasteiger partial charge in [-0.1, -0.05) is 146 Å². The van der Waals surface area contributed by atoms with Crippen LogP contribution in [0.4, 0.5) is 0 Å². The highest BCUT2D eigenvalue weighted by molar-refractivity contribution is 6.13. The summed E-state index contributed by atoms with van der Waals surface area (Å²) in [4.78, 5) is 15.2. The van der Waals surface area contributed by atoms with E-state index in [2.05, 4.69) is 152 Å². The monoisotopic (exact) mass is 651 g/mol. The SMILES string of the molecule is c1ccc(-c2ccc(-c3nc(-c4ccc5ccccc5c4)nc(-c4ccc5ccc(-c6cccc7oc8ccccc8c67)cc5c4)n3)cc2)cc1. The quantitative estimate of drug-likeness (QED) is 0.186. The standard InChI is InChI=1S/C47H29N3O/c1-2-9-30(10-3-1)32-17-22-34(23-18-32)45-48-46(37-25-20-31-11-4-5-12-35(31)27-37)50-47(49-45)38-26-21-33-19-24-36(28-39(33)29-38)40-14-8-16-43-44(40)41-13-6-7-15-42(41)51-43/h1-29H. The number of furan rings is 1. The first-order valence-corrected chi connectivity index (χ1v) is 17.1. The van der Waals surface area contributed by atoms with E-state index in [1.165, 1.54) is 10.9 Å². The summed E-state index contributed by atoms with van der Waals surface area (Å²) in [6.45, 7) is 0. The Morgan fingerprint density at radius 1 is 0.314 bits per heavy atom. The lowest BCUT2D eigenvalue weighted by Gasteiger charge is -2.11. The Balaban J connectivity index is 1.11. The molecule has 4 heteroatoms. The van der Waals surface area contributed by atoms with Crippen molar-refractivity contribution in [3.63, 3.8) is 0 Å². The highest BCUT2D eigenvalue weighted by Crippen LogP contribution is 2.38. The minimum atomic E-state index is 0.630. The molecule has 2 heterocycles. The maximum atomic E-state index is 6.20. The number of rotatable bonds is 5. The predicted octanol–water partition coefficient (Wildman–Crippen LogP) is 12.4. The summed E-state index contributed by atoms with van der Waals surface area (Å²) in [5.41, 5.74) is 9.18. The molecular formula is C47H29N3O. The van der Waals surface area contributed by atoms with Crippen molar-refractivity contribution in [3.8, 4) is 56.4 Å². The summed E-state index contributed by atoms with van der Waals surface area (Å²) in [5, 5.41) is 6.82. The topological polar surface area (TPSA) is 51.8 Å². The zero-order chi connectivity index (χ0) is 33.7. The van der Waals surface area contributed by atoms with Crippen molar-refractivity contribution in [1.82, 2.24) is 15.0 Å². The van der Waals surface area contributed by atoms with Gasteiger partial charge in [0.05, 0.1) is 0 Å². The Bertz CT molecular complexity index is 2910. The summed E-state index contributed by atoms with van der Waals surface area (Å²) in [6, 6.07) is 61.2. The van der Waals surface area contributed by atoms with E-state index in [0.717, 1.165) is 71.5 Å². The van der Waals surface area contributed by atoms with Crippen molar-refractivity contribution in [1.29, 1.82) is 0 Å². The second-order valence-corrected chi connectivity index (χ2v) is 12.9. The van der Waals surface area contributed by atoms with Gasteiger partial charge in [-0.05, 0) is 74.1 Å². The lowest BCUT2D eigenvalue weighted by molar-refractivity contribution is 0.669. The number of aromatic nitrogens is 3. The molecule has 0 aliphatic rings.